The number of piperidine rings is 1. The number of nitrogens with one attached hydrogen (secondary N) is 2. The van der Waals surface area contributed by atoms with Gasteiger partial charge < -0.3 is 20.7 Å². The second-order valence-electron chi connectivity index (χ2n) is 4.41. The Morgan fingerprint density at radius 3 is 2.84 bits per heavy atom. The van der Waals surface area contributed by atoms with Crippen molar-refractivity contribution in [2.24, 2.45) is 7.05 Å². The molecule has 8 heteroatoms. The number of aromatic nitrogens is 1. The summed E-state index contributed by atoms with van der Waals surface area (Å²) in [5.74, 6) is -0.346. The first kappa shape index (κ1) is 15.5. The van der Waals surface area contributed by atoms with Crippen molar-refractivity contribution >= 4 is 24.1 Å². The van der Waals surface area contributed by atoms with Crippen LogP contribution < -0.4 is 10.6 Å². The van der Waals surface area contributed by atoms with E-state index in [1.54, 1.807) is 0 Å². The Morgan fingerprint density at radius 2 is 2.32 bits per heavy atom. The van der Waals surface area contributed by atoms with Crippen LogP contribution in [0.5, 0.6) is 0 Å². The third kappa shape index (κ3) is 3.45. The summed E-state index contributed by atoms with van der Waals surface area (Å²) in [7, 11) is 1.52. The highest BCUT2D eigenvalue weighted by Gasteiger charge is 2.23. The molecular weight excluding hydrogens is 272 g/mol. The number of nitrogens with zero attached hydrogens (tertiary/aromatic N) is 2. The predicted molar refractivity (Wildman–Crippen MR) is 72.7 cm³/mol. The molecule has 0 unspecified atom stereocenters. The maximum atomic E-state index is 12.0. The number of carbonyl (C=O) groups is 1. The molecule has 0 radical (unpaired) electrons. The molecule has 2 rings (SSSR count). The minimum atomic E-state index is -0.501. The predicted octanol–water partition coefficient (Wildman–Crippen LogP) is 0.837. The van der Waals surface area contributed by atoms with Crippen LogP contribution in [0.25, 0.3) is 0 Å². The monoisotopic (exact) mass is 288 g/mol. The molecule has 7 nitrogen and oxygen atoms in total. The zero-order valence-corrected chi connectivity index (χ0v) is 11.4. The van der Waals surface area contributed by atoms with Crippen LogP contribution in [0.15, 0.2) is 12.1 Å². The van der Waals surface area contributed by atoms with Crippen molar-refractivity contribution in [1.29, 1.82) is 0 Å². The lowest BCUT2D eigenvalue weighted by atomic mass is 10.1. The molecule has 1 aromatic rings. The molecule has 1 saturated heterocycles. The average Bonchev–Trinajstić information content (AvgIpc) is 2.72. The second-order valence-corrected chi connectivity index (χ2v) is 4.41. The zero-order valence-electron chi connectivity index (χ0n) is 10.6. The van der Waals surface area contributed by atoms with Crippen LogP contribution in [0.1, 0.15) is 23.3 Å². The molecule has 2 heterocycles. The van der Waals surface area contributed by atoms with Gasteiger partial charge in [-0.15, -0.1) is 12.4 Å². The first-order valence-corrected chi connectivity index (χ1v) is 5.91. The van der Waals surface area contributed by atoms with Gasteiger partial charge in [0.15, 0.2) is 5.69 Å². The Hall–Kier alpha value is -1.60. The lowest BCUT2D eigenvalue weighted by molar-refractivity contribution is -0.391. The lowest BCUT2D eigenvalue weighted by Gasteiger charge is -2.23. The van der Waals surface area contributed by atoms with Gasteiger partial charge in [-0.25, -0.2) is 4.57 Å². The molecule has 0 bridgehead atoms. The summed E-state index contributed by atoms with van der Waals surface area (Å²) in [5, 5.41) is 16.8. The number of carbonyl (C=O) groups excluding carboxylic acids is 1. The van der Waals surface area contributed by atoms with Gasteiger partial charge in [0, 0.05) is 18.7 Å². The van der Waals surface area contributed by atoms with Crippen LogP contribution in [0, 0.1) is 10.1 Å². The highest BCUT2D eigenvalue weighted by Crippen LogP contribution is 2.15. The lowest BCUT2D eigenvalue weighted by Crippen LogP contribution is -2.45. The van der Waals surface area contributed by atoms with Gasteiger partial charge in [-0.05, 0) is 30.4 Å². The van der Waals surface area contributed by atoms with E-state index >= 15 is 0 Å². The van der Waals surface area contributed by atoms with Gasteiger partial charge in [-0.1, -0.05) is 0 Å². The van der Waals surface area contributed by atoms with E-state index in [9.17, 15) is 14.9 Å². The van der Waals surface area contributed by atoms with E-state index in [1.807, 2.05) is 0 Å². The standard InChI is InChI=1S/C11H16N4O3.ClH/c1-14-9(4-5-10(14)15(17)18)11(16)13-8-3-2-6-12-7-8;/h4-5,8,12H,2-3,6-7H2,1H3,(H,13,16);1H/t8-;/m0./s1. The third-order valence-corrected chi connectivity index (χ3v) is 3.15. The Balaban J connectivity index is 0.00000180. The Labute approximate surface area is 116 Å². The normalized spacial score (nSPS) is 18.5. The molecule has 106 valence electrons. The van der Waals surface area contributed by atoms with Crippen molar-refractivity contribution in [3.05, 3.63) is 27.9 Å². The van der Waals surface area contributed by atoms with E-state index in [-0.39, 0.29) is 30.2 Å². The summed E-state index contributed by atoms with van der Waals surface area (Å²) in [6, 6.07) is 2.91. The van der Waals surface area contributed by atoms with Gasteiger partial charge in [-0.3, -0.25) is 4.79 Å². The molecule has 1 amide bonds. The summed E-state index contributed by atoms with van der Waals surface area (Å²) < 4.78 is 1.30. The quantitative estimate of drug-likeness (QED) is 0.637. The third-order valence-electron chi connectivity index (χ3n) is 3.15. The van der Waals surface area contributed by atoms with E-state index in [0.717, 1.165) is 25.9 Å². The molecule has 1 atom stereocenters. The minimum Gasteiger partial charge on any atom is -0.358 e. The summed E-state index contributed by atoms with van der Waals surface area (Å²) >= 11 is 0. The summed E-state index contributed by atoms with van der Waals surface area (Å²) in [5.41, 5.74) is 0.312. The number of amides is 1. The van der Waals surface area contributed by atoms with E-state index < -0.39 is 4.92 Å². The first-order chi connectivity index (χ1) is 8.59. The van der Waals surface area contributed by atoms with Crippen LogP contribution in [-0.4, -0.2) is 34.5 Å². The second kappa shape index (κ2) is 6.53. The molecule has 0 aromatic carbocycles. The molecule has 2 N–H and O–H groups in total. The van der Waals surface area contributed by atoms with Crippen molar-refractivity contribution in [3.8, 4) is 0 Å². The van der Waals surface area contributed by atoms with Gasteiger partial charge in [0.05, 0.1) is 7.05 Å². The van der Waals surface area contributed by atoms with Crippen molar-refractivity contribution in [1.82, 2.24) is 15.2 Å². The molecule has 19 heavy (non-hydrogen) atoms. The fraction of sp³-hybridized carbons (Fsp3) is 0.545. The van der Waals surface area contributed by atoms with E-state index in [4.69, 9.17) is 0 Å². The van der Waals surface area contributed by atoms with Crippen LogP contribution in [0.3, 0.4) is 0 Å². The van der Waals surface area contributed by atoms with Crippen LogP contribution in [0.4, 0.5) is 5.82 Å². The summed E-state index contributed by atoms with van der Waals surface area (Å²) in [6.07, 6.45) is 1.96. The number of hydrogen-bond acceptors (Lipinski definition) is 4. The molecule has 1 aliphatic rings. The highest BCUT2D eigenvalue weighted by atomic mass is 35.5. The number of nitro groups is 1. The SMILES string of the molecule is Cl.Cn1c(C(=O)N[C@H]2CCCNC2)ccc1[N+](=O)[O-]. The van der Waals surface area contributed by atoms with Gasteiger partial charge in [0.25, 0.3) is 5.91 Å². The van der Waals surface area contributed by atoms with Crippen molar-refractivity contribution in [2.45, 2.75) is 18.9 Å². The van der Waals surface area contributed by atoms with Crippen LogP contribution >= 0.6 is 12.4 Å². The summed E-state index contributed by atoms with van der Waals surface area (Å²) in [4.78, 5) is 22.2. The molecule has 0 aliphatic carbocycles. The van der Waals surface area contributed by atoms with Gasteiger partial charge in [0.1, 0.15) is 0 Å². The average molecular weight is 289 g/mol. The maximum Gasteiger partial charge on any atom is 0.323 e. The Bertz CT molecular complexity index is 469. The van der Waals surface area contributed by atoms with Crippen molar-refractivity contribution < 1.29 is 9.72 Å². The molecule has 1 aliphatic heterocycles. The smallest absolute Gasteiger partial charge is 0.323 e. The molecular formula is C11H17ClN4O3. The topological polar surface area (TPSA) is 89.2 Å². The van der Waals surface area contributed by atoms with Crippen molar-refractivity contribution in [2.75, 3.05) is 13.1 Å². The Kier molecular flexibility index (Phi) is 5.31. The van der Waals surface area contributed by atoms with Crippen molar-refractivity contribution in [3.63, 3.8) is 0 Å². The number of hydrogen-bond donors (Lipinski definition) is 2. The van der Waals surface area contributed by atoms with E-state index in [2.05, 4.69) is 10.6 Å². The first-order valence-electron chi connectivity index (χ1n) is 5.91. The van der Waals surface area contributed by atoms with Crippen LogP contribution in [0.2, 0.25) is 0 Å². The van der Waals surface area contributed by atoms with Gasteiger partial charge in [-0.2, -0.15) is 0 Å². The summed E-state index contributed by atoms with van der Waals surface area (Å²) in [6.45, 7) is 1.72. The number of rotatable bonds is 3. The zero-order chi connectivity index (χ0) is 13.1. The van der Waals surface area contributed by atoms with E-state index in [0.29, 0.717) is 5.69 Å². The largest absolute Gasteiger partial charge is 0.358 e. The maximum absolute atomic E-state index is 12.0. The molecule has 1 aromatic heterocycles. The van der Waals surface area contributed by atoms with Crippen LogP contribution in [-0.2, 0) is 7.05 Å². The van der Waals surface area contributed by atoms with Gasteiger partial charge in [0.2, 0.25) is 0 Å². The fourth-order valence-electron chi connectivity index (χ4n) is 2.15. The van der Waals surface area contributed by atoms with Gasteiger partial charge >= 0.3 is 5.82 Å². The highest BCUT2D eigenvalue weighted by molar-refractivity contribution is 5.93. The van der Waals surface area contributed by atoms with E-state index in [1.165, 1.54) is 23.7 Å². The number of halogens is 1. The molecule has 0 spiro atoms. The molecule has 0 saturated carbocycles. The Morgan fingerprint density at radius 1 is 1.58 bits per heavy atom. The fourth-order valence-corrected chi connectivity index (χ4v) is 2.15. The minimum absolute atomic E-state index is 0. The molecule has 1 fully saturated rings.